The van der Waals surface area contributed by atoms with Crippen LogP contribution in [0.3, 0.4) is 0 Å². The second kappa shape index (κ2) is 8.04. The zero-order valence-electron chi connectivity index (χ0n) is 17.4. The number of hydrogen-bond acceptors (Lipinski definition) is 4. The number of phenols is 1. The largest absolute Gasteiger partial charge is 0.508 e. The van der Waals surface area contributed by atoms with Gasteiger partial charge in [0.25, 0.3) is 5.91 Å². The van der Waals surface area contributed by atoms with E-state index in [1.54, 1.807) is 36.3 Å². The smallest absolute Gasteiger partial charge is 0.282 e. The highest BCUT2D eigenvalue weighted by molar-refractivity contribution is 6.33. The molecule has 0 fully saturated rings. The fourth-order valence-electron chi connectivity index (χ4n) is 3.82. The fourth-order valence-corrected chi connectivity index (χ4v) is 3.82. The standard InChI is InChI=1S/C27H20N2O3/c1-32-23-15-9-19(10-16-23)26-28-25(27(31)29(26)21-11-13-22(30)14-12-21)17-20-7-4-6-18-5-2-3-8-24(18)20/h2-17,30H,1H3/b25-17+. The van der Waals surface area contributed by atoms with Crippen LogP contribution < -0.4 is 9.64 Å². The van der Waals surface area contributed by atoms with Crippen molar-refractivity contribution in [3.05, 3.63) is 108 Å². The van der Waals surface area contributed by atoms with Gasteiger partial charge in [0.05, 0.1) is 12.8 Å². The van der Waals surface area contributed by atoms with E-state index in [-0.39, 0.29) is 11.7 Å². The van der Waals surface area contributed by atoms with Gasteiger partial charge >= 0.3 is 0 Å². The molecule has 0 saturated carbocycles. The monoisotopic (exact) mass is 420 g/mol. The SMILES string of the molecule is COc1ccc(C2=N/C(=C/c3cccc4ccccc34)C(=O)N2c2ccc(O)cc2)cc1. The van der Waals surface area contributed by atoms with Crippen LogP contribution in [-0.2, 0) is 4.79 Å². The summed E-state index contributed by atoms with van der Waals surface area (Å²) in [6.07, 6.45) is 1.83. The number of amidine groups is 1. The Morgan fingerprint density at radius 2 is 1.59 bits per heavy atom. The molecule has 1 N–H and O–H groups in total. The van der Waals surface area contributed by atoms with Crippen LogP contribution in [0.25, 0.3) is 16.8 Å². The Morgan fingerprint density at radius 3 is 2.34 bits per heavy atom. The Labute approximate surface area is 185 Å². The lowest BCUT2D eigenvalue weighted by Gasteiger charge is -2.18. The topological polar surface area (TPSA) is 62.1 Å². The molecule has 1 aliphatic rings. The first-order chi connectivity index (χ1) is 15.6. The van der Waals surface area contributed by atoms with Gasteiger partial charge in [0, 0.05) is 5.56 Å². The quantitative estimate of drug-likeness (QED) is 0.451. The van der Waals surface area contributed by atoms with E-state index in [0.717, 1.165) is 27.6 Å². The fraction of sp³-hybridized carbons (Fsp3) is 0.0370. The highest BCUT2D eigenvalue weighted by Gasteiger charge is 2.32. The van der Waals surface area contributed by atoms with Gasteiger partial charge in [-0.15, -0.1) is 0 Å². The first kappa shape index (κ1) is 19.6. The molecule has 0 aliphatic carbocycles. The van der Waals surface area contributed by atoms with Crippen LogP contribution in [0, 0.1) is 0 Å². The second-order valence-corrected chi connectivity index (χ2v) is 7.42. The number of hydrogen-bond donors (Lipinski definition) is 1. The van der Waals surface area contributed by atoms with Crippen molar-refractivity contribution in [1.29, 1.82) is 0 Å². The van der Waals surface area contributed by atoms with Crippen molar-refractivity contribution in [2.24, 2.45) is 4.99 Å². The van der Waals surface area contributed by atoms with E-state index in [0.29, 0.717) is 17.2 Å². The minimum Gasteiger partial charge on any atom is -0.508 e. The van der Waals surface area contributed by atoms with E-state index >= 15 is 0 Å². The molecule has 5 heteroatoms. The van der Waals surface area contributed by atoms with Crippen LogP contribution >= 0.6 is 0 Å². The maximum absolute atomic E-state index is 13.5. The summed E-state index contributed by atoms with van der Waals surface area (Å²) in [5.41, 5.74) is 2.69. The predicted molar refractivity (Wildman–Crippen MR) is 127 cm³/mol. The van der Waals surface area contributed by atoms with E-state index in [9.17, 15) is 9.90 Å². The number of benzene rings is 4. The summed E-state index contributed by atoms with van der Waals surface area (Å²) in [5, 5.41) is 11.8. The first-order valence-electron chi connectivity index (χ1n) is 10.2. The molecular formula is C27H20N2O3. The van der Waals surface area contributed by atoms with E-state index in [4.69, 9.17) is 9.73 Å². The molecule has 0 atom stereocenters. The van der Waals surface area contributed by atoms with Crippen LogP contribution in [0.5, 0.6) is 11.5 Å². The summed E-state index contributed by atoms with van der Waals surface area (Å²) in [6, 6.07) is 28.0. The lowest BCUT2D eigenvalue weighted by Crippen LogP contribution is -2.32. The van der Waals surface area contributed by atoms with Gasteiger partial charge < -0.3 is 9.84 Å². The van der Waals surface area contributed by atoms with Crippen molar-refractivity contribution in [3.8, 4) is 11.5 Å². The third-order valence-corrected chi connectivity index (χ3v) is 5.43. The van der Waals surface area contributed by atoms with Crippen molar-refractivity contribution in [2.75, 3.05) is 12.0 Å². The lowest BCUT2D eigenvalue weighted by atomic mass is 10.0. The second-order valence-electron chi connectivity index (χ2n) is 7.42. The average Bonchev–Trinajstić information content (AvgIpc) is 3.16. The van der Waals surface area contributed by atoms with Crippen molar-refractivity contribution in [1.82, 2.24) is 0 Å². The third kappa shape index (κ3) is 3.50. The number of amides is 1. The summed E-state index contributed by atoms with van der Waals surface area (Å²) in [4.78, 5) is 19.8. The van der Waals surface area contributed by atoms with Gasteiger partial charge in [-0.3, -0.25) is 9.69 Å². The van der Waals surface area contributed by atoms with Gasteiger partial charge in [0.1, 0.15) is 23.0 Å². The van der Waals surface area contributed by atoms with Gasteiger partial charge in [-0.1, -0.05) is 42.5 Å². The Hall–Kier alpha value is -4.38. The summed E-state index contributed by atoms with van der Waals surface area (Å²) >= 11 is 0. The Balaban J connectivity index is 1.64. The maximum atomic E-state index is 13.5. The highest BCUT2D eigenvalue weighted by Crippen LogP contribution is 2.30. The molecule has 0 saturated heterocycles. The molecule has 32 heavy (non-hydrogen) atoms. The zero-order chi connectivity index (χ0) is 22.1. The Morgan fingerprint density at radius 1 is 0.875 bits per heavy atom. The molecule has 4 aromatic rings. The van der Waals surface area contributed by atoms with Gasteiger partial charge in [-0.25, -0.2) is 4.99 Å². The number of rotatable bonds is 4. The molecule has 0 spiro atoms. The normalized spacial score (nSPS) is 14.8. The molecule has 1 amide bonds. The molecule has 1 heterocycles. The van der Waals surface area contributed by atoms with Crippen LogP contribution in [0.4, 0.5) is 5.69 Å². The van der Waals surface area contributed by atoms with E-state index in [1.165, 1.54) is 0 Å². The van der Waals surface area contributed by atoms with Crippen molar-refractivity contribution < 1.29 is 14.6 Å². The number of methoxy groups -OCH3 is 1. The molecule has 0 bridgehead atoms. The van der Waals surface area contributed by atoms with Crippen molar-refractivity contribution in [3.63, 3.8) is 0 Å². The minimum atomic E-state index is -0.227. The Bertz CT molecular complexity index is 1370. The first-order valence-corrected chi connectivity index (χ1v) is 10.2. The van der Waals surface area contributed by atoms with Crippen LogP contribution in [0.15, 0.2) is 102 Å². The van der Waals surface area contributed by atoms with E-state index in [1.807, 2.05) is 72.8 Å². The van der Waals surface area contributed by atoms with E-state index in [2.05, 4.69) is 0 Å². The van der Waals surface area contributed by atoms with E-state index < -0.39 is 0 Å². The molecule has 0 radical (unpaired) electrons. The number of carbonyl (C=O) groups excluding carboxylic acids is 1. The number of ether oxygens (including phenoxy) is 1. The van der Waals surface area contributed by atoms with Gasteiger partial charge in [0.15, 0.2) is 0 Å². The number of phenolic OH excluding ortho intramolecular Hbond substituents is 1. The van der Waals surface area contributed by atoms with Gasteiger partial charge in [-0.2, -0.15) is 0 Å². The molecule has 4 aromatic carbocycles. The molecule has 0 unspecified atom stereocenters. The number of fused-ring (bicyclic) bond motifs is 1. The Kier molecular flexibility index (Phi) is 4.92. The summed E-state index contributed by atoms with van der Waals surface area (Å²) in [5.74, 6) is 1.15. The number of nitrogens with zero attached hydrogens (tertiary/aromatic N) is 2. The molecule has 5 nitrogen and oxygen atoms in total. The third-order valence-electron chi connectivity index (χ3n) is 5.43. The number of anilines is 1. The summed E-state index contributed by atoms with van der Waals surface area (Å²) in [6.45, 7) is 0. The molecule has 5 rings (SSSR count). The van der Waals surface area contributed by atoms with Crippen LogP contribution in [0.1, 0.15) is 11.1 Å². The molecule has 0 aromatic heterocycles. The maximum Gasteiger partial charge on any atom is 0.282 e. The minimum absolute atomic E-state index is 0.134. The van der Waals surface area contributed by atoms with Crippen molar-refractivity contribution >= 4 is 34.3 Å². The highest BCUT2D eigenvalue weighted by atomic mass is 16.5. The predicted octanol–water partition coefficient (Wildman–Crippen LogP) is 5.39. The number of aromatic hydroxyl groups is 1. The number of aliphatic imine (C=N–C) groups is 1. The zero-order valence-corrected chi connectivity index (χ0v) is 17.4. The van der Waals surface area contributed by atoms with Crippen LogP contribution in [-0.4, -0.2) is 24.0 Å². The van der Waals surface area contributed by atoms with Gasteiger partial charge in [-0.05, 0) is 70.9 Å². The number of carbonyl (C=O) groups is 1. The van der Waals surface area contributed by atoms with Crippen molar-refractivity contribution in [2.45, 2.75) is 0 Å². The molecular weight excluding hydrogens is 400 g/mol. The summed E-state index contributed by atoms with van der Waals surface area (Å²) in [7, 11) is 1.61. The molecule has 156 valence electrons. The van der Waals surface area contributed by atoms with Gasteiger partial charge in [0.2, 0.25) is 0 Å². The lowest BCUT2D eigenvalue weighted by molar-refractivity contribution is -0.113. The van der Waals surface area contributed by atoms with Crippen LogP contribution in [0.2, 0.25) is 0 Å². The molecule has 1 aliphatic heterocycles. The average molecular weight is 420 g/mol. The summed E-state index contributed by atoms with van der Waals surface area (Å²) < 4.78 is 5.26.